The summed E-state index contributed by atoms with van der Waals surface area (Å²) in [6.45, 7) is 0.378. The van der Waals surface area contributed by atoms with E-state index in [4.69, 9.17) is 16.3 Å². The second-order valence-corrected chi connectivity index (χ2v) is 4.73. The number of carbonyl (C=O) groups excluding carboxylic acids is 1. The summed E-state index contributed by atoms with van der Waals surface area (Å²) in [6, 6.07) is 17.2. The van der Waals surface area contributed by atoms with E-state index in [1.807, 2.05) is 42.5 Å². The van der Waals surface area contributed by atoms with Gasteiger partial charge >= 0.3 is 5.97 Å². The average molecular weight is 287 g/mol. The largest absolute Gasteiger partial charge is 0.462 e. The second-order valence-electron chi connectivity index (χ2n) is 4.29. The third-order valence-corrected chi connectivity index (χ3v) is 2.97. The third kappa shape index (κ3) is 4.90. The lowest BCUT2D eigenvalue weighted by Crippen LogP contribution is -2.04. The fraction of sp³-hybridized carbons (Fsp3) is 0.118. The minimum Gasteiger partial charge on any atom is -0.462 e. The van der Waals surface area contributed by atoms with Gasteiger partial charge in [0.15, 0.2) is 0 Å². The molecule has 0 fully saturated rings. The highest BCUT2D eigenvalue weighted by molar-refractivity contribution is 6.30. The molecule has 20 heavy (non-hydrogen) atoms. The van der Waals surface area contributed by atoms with E-state index in [2.05, 4.69) is 0 Å². The molecular weight excluding hydrogens is 272 g/mol. The lowest BCUT2D eigenvalue weighted by molar-refractivity contribution is -0.137. The Morgan fingerprint density at radius 1 is 1.10 bits per heavy atom. The number of hydrogen-bond donors (Lipinski definition) is 0. The molecule has 0 unspecified atom stereocenters. The van der Waals surface area contributed by atoms with Crippen LogP contribution in [-0.4, -0.2) is 12.6 Å². The standard InChI is InChI=1S/C17H15ClO2/c18-16-8-4-7-15(13-16)9-10-17(19)20-12-11-14-5-2-1-3-6-14/h1-10,13H,11-12H2/b10-9+. The lowest BCUT2D eigenvalue weighted by Gasteiger charge is -2.02. The van der Waals surface area contributed by atoms with Gasteiger partial charge in [0.1, 0.15) is 0 Å². The number of esters is 1. The van der Waals surface area contributed by atoms with Crippen molar-refractivity contribution in [3.8, 4) is 0 Å². The first-order valence-corrected chi connectivity index (χ1v) is 6.76. The summed E-state index contributed by atoms with van der Waals surface area (Å²) in [5, 5.41) is 0.643. The molecule has 0 aliphatic carbocycles. The zero-order valence-corrected chi connectivity index (χ0v) is 11.7. The normalized spacial score (nSPS) is 10.7. The van der Waals surface area contributed by atoms with Gasteiger partial charge in [0.2, 0.25) is 0 Å². The van der Waals surface area contributed by atoms with Crippen LogP contribution in [0.25, 0.3) is 6.08 Å². The molecule has 0 saturated carbocycles. The average Bonchev–Trinajstić information content (AvgIpc) is 2.46. The van der Waals surface area contributed by atoms with Crippen molar-refractivity contribution in [1.82, 2.24) is 0 Å². The Balaban J connectivity index is 1.78. The molecule has 0 aromatic heterocycles. The summed E-state index contributed by atoms with van der Waals surface area (Å²) in [4.78, 5) is 11.5. The van der Waals surface area contributed by atoms with Gasteiger partial charge in [-0.15, -0.1) is 0 Å². The molecule has 0 amide bonds. The van der Waals surface area contributed by atoms with E-state index in [9.17, 15) is 4.79 Å². The van der Waals surface area contributed by atoms with Gasteiger partial charge in [-0.05, 0) is 29.3 Å². The summed E-state index contributed by atoms with van der Waals surface area (Å²) in [5.74, 6) is -0.346. The molecule has 2 aromatic rings. The van der Waals surface area contributed by atoms with Crippen molar-refractivity contribution in [2.75, 3.05) is 6.61 Å². The molecule has 2 nitrogen and oxygen atoms in total. The maximum absolute atomic E-state index is 11.5. The minimum atomic E-state index is -0.346. The molecule has 3 heteroatoms. The van der Waals surface area contributed by atoms with Crippen LogP contribution in [0.15, 0.2) is 60.7 Å². The summed E-state index contributed by atoms with van der Waals surface area (Å²) >= 11 is 5.86. The fourth-order valence-corrected chi connectivity index (χ4v) is 1.94. The first-order valence-electron chi connectivity index (χ1n) is 6.38. The predicted molar refractivity (Wildman–Crippen MR) is 81.6 cm³/mol. The number of carbonyl (C=O) groups is 1. The van der Waals surface area contributed by atoms with E-state index in [1.165, 1.54) is 6.08 Å². The second kappa shape index (κ2) is 7.51. The molecule has 0 spiro atoms. The maximum atomic E-state index is 11.5. The summed E-state index contributed by atoms with van der Waals surface area (Å²) < 4.78 is 5.14. The van der Waals surface area contributed by atoms with Gasteiger partial charge in [-0.25, -0.2) is 4.79 Å². The van der Waals surface area contributed by atoms with Crippen LogP contribution in [0.3, 0.4) is 0 Å². The zero-order valence-electron chi connectivity index (χ0n) is 11.0. The topological polar surface area (TPSA) is 26.3 Å². The van der Waals surface area contributed by atoms with Gasteiger partial charge in [0.05, 0.1) is 6.61 Å². The number of benzene rings is 2. The van der Waals surface area contributed by atoms with Crippen LogP contribution >= 0.6 is 11.6 Å². The van der Waals surface area contributed by atoms with Crippen LogP contribution < -0.4 is 0 Å². The molecule has 0 bridgehead atoms. The van der Waals surface area contributed by atoms with Gasteiger partial charge in [-0.1, -0.05) is 54.1 Å². The Morgan fingerprint density at radius 3 is 2.65 bits per heavy atom. The van der Waals surface area contributed by atoms with Gasteiger partial charge in [-0.3, -0.25) is 0 Å². The van der Waals surface area contributed by atoms with E-state index in [0.29, 0.717) is 11.6 Å². The van der Waals surface area contributed by atoms with Gasteiger partial charge < -0.3 is 4.74 Å². The Kier molecular flexibility index (Phi) is 5.39. The number of ether oxygens (including phenoxy) is 1. The van der Waals surface area contributed by atoms with Crippen LogP contribution in [0.5, 0.6) is 0 Å². The number of hydrogen-bond acceptors (Lipinski definition) is 2. The Bertz CT molecular complexity index is 591. The molecular formula is C17H15ClO2. The van der Waals surface area contributed by atoms with Crippen LogP contribution in [0.4, 0.5) is 0 Å². The molecule has 0 heterocycles. The maximum Gasteiger partial charge on any atom is 0.330 e. The Hall–Kier alpha value is -2.06. The molecule has 0 aliphatic rings. The number of rotatable bonds is 5. The molecule has 0 N–H and O–H groups in total. The first kappa shape index (κ1) is 14.4. The van der Waals surface area contributed by atoms with Crippen LogP contribution in [0, 0.1) is 0 Å². The minimum absolute atomic E-state index is 0.346. The highest BCUT2D eigenvalue weighted by Gasteiger charge is 1.98. The zero-order chi connectivity index (χ0) is 14.2. The fourth-order valence-electron chi connectivity index (χ4n) is 1.74. The molecule has 2 aromatic carbocycles. The quantitative estimate of drug-likeness (QED) is 0.610. The van der Waals surface area contributed by atoms with Gasteiger partial charge in [-0.2, -0.15) is 0 Å². The first-order chi connectivity index (χ1) is 9.74. The molecule has 0 aliphatic heterocycles. The molecule has 0 atom stereocenters. The van der Waals surface area contributed by atoms with Crippen molar-refractivity contribution in [3.63, 3.8) is 0 Å². The van der Waals surface area contributed by atoms with E-state index >= 15 is 0 Å². The lowest BCUT2D eigenvalue weighted by atomic mass is 10.2. The molecule has 0 saturated heterocycles. The van der Waals surface area contributed by atoms with Crippen molar-refractivity contribution >= 4 is 23.6 Å². The van der Waals surface area contributed by atoms with Crippen molar-refractivity contribution in [2.45, 2.75) is 6.42 Å². The van der Waals surface area contributed by atoms with E-state index < -0.39 is 0 Å². The Morgan fingerprint density at radius 2 is 1.90 bits per heavy atom. The van der Waals surface area contributed by atoms with Gasteiger partial charge in [0.25, 0.3) is 0 Å². The van der Waals surface area contributed by atoms with Gasteiger partial charge in [0, 0.05) is 17.5 Å². The SMILES string of the molecule is O=C(/C=C/c1cccc(Cl)c1)OCCc1ccccc1. The highest BCUT2D eigenvalue weighted by Crippen LogP contribution is 2.11. The summed E-state index contributed by atoms with van der Waals surface area (Å²) in [7, 11) is 0. The monoisotopic (exact) mass is 286 g/mol. The summed E-state index contributed by atoms with van der Waals surface area (Å²) in [6.07, 6.45) is 3.82. The van der Waals surface area contributed by atoms with E-state index in [1.54, 1.807) is 18.2 Å². The third-order valence-electron chi connectivity index (χ3n) is 2.74. The molecule has 0 radical (unpaired) electrons. The van der Waals surface area contributed by atoms with Crippen molar-refractivity contribution in [1.29, 1.82) is 0 Å². The predicted octanol–water partition coefficient (Wildman–Crippen LogP) is 4.14. The number of halogens is 1. The summed E-state index contributed by atoms with van der Waals surface area (Å²) in [5.41, 5.74) is 2.02. The molecule has 2 rings (SSSR count). The van der Waals surface area contributed by atoms with Crippen LogP contribution in [0.1, 0.15) is 11.1 Å². The molecule has 102 valence electrons. The van der Waals surface area contributed by atoms with Crippen molar-refractivity contribution < 1.29 is 9.53 Å². The van der Waals surface area contributed by atoms with Crippen LogP contribution in [-0.2, 0) is 16.0 Å². The van der Waals surface area contributed by atoms with Crippen LogP contribution in [0.2, 0.25) is 5.02 Å². The highest BCUT2D eigenvalue weighted by atomic mass is 35.5. The van der Waals surface area contributed by atoms with E-state index in [0.717, 1.165) is 17.5 Å². The van der Waals surface area contributed by atoms with Crippen molar-refractivity contribution in [2.24, 2.45) is 0 Å². The van der Waals surface area contributed by atoms with E-state index in [-0.39, 0.29) is 5.97 Å². The Labute approximate surface area is 123 Å². The smallest absolute Gasteiger partial charge is 0.330 e. The van der Waals surface area contributed by atoms with Crippen molar-refractivity contribution in [3.05, 3.63) is 76.8 Å².